The first-order valence-electron chi connectivity index (χ1n) is 4.19. The molecule has 3 nitrogen and oxygen atoms in total. The van der Waals surface area contributed by atoms with Crippen LogP contribution < -0.4 is 0 Å². The number of sulfone groups is 1. The van der Waals surface area contributed by atoms with E-state index < -0.39 is 15.9 Å². The molecule has 1 aromatic rings. The second-order valence-electron chi connectivity index (χ2n) is 2.93. The number of rotatable bonds is 3. The molecule has 76 valence electrons. The van der Waals surface area contributed by atoms with Crippen LogP contribution in [-0.2, 0) is 9.84 Å². The molecule has 0 fully saturated rings. The Morgan fingerprint density at radius 1 is 1.29 bits per heavy atom. The van der Waals surface area contributed by atoms with Crippen LogP contribution in [-0.4, -0.2) is 19.6 Å². The number of benzene rings is 1. The summed E-state index contributed by atoms with van der Waals surface area (Å²) in [6.45, 7) is 1.50. The van der Waals surface area contributed by atoms with Gasteiger partial charge >= 0.3 is 0 Å². The van der Waals surface area contributed by atoms with Gasteiger partial charge in [0.05, 0.1) is 11.0 Å². The molecule has 14 heavy (non-hydrogen) atoms. The van der Waals surface area contributed by atoms with Gasteiger partial charge < -0.3 is 5.11 Å². The predicted molar refractivity (Wildman–Crippen MR) is 54.4 cm³/mol. The summed E-state index contributed by atoms with van der Waals surface area (Å²) in [5.41, 5.74) is 0. The molecule has 0 radical (unpaired) electrons. The van der Waals surface area contributed by atoms with Gasteiger partial charge in [0.25, 0.3) is 0 Å². The smallest absolute Gasteiger partial charge is 0.199 e. The van der Waals surface area contributed by atoms with Crippen molar-refractivity contribution >= 4 is 9.84 Å². The molecule has 0 saturated heterocycles. The Labute approximate surface area is 83.6 Å². The number of hydrogen-bond donors (Lipinski definition) is 1. The van der Waals surface area contributed by atoms with Crippen molar-refractivity contribution in [1.82, 2.24) is 0 Å². The van der Waals surface area contributed by atoms with Gasteiger partial charge in [0.2, 0.25) is 0 Å². The quantitative estimate of drug-likeness (QED) is 0.823. The Kier molecular flexibility index (Phi) is 3.43. The zero-order valence-electron chi connectivity index (χ0n) is 7.79. The number of aliphatic hydroxyl groups is 1. The highest BCUT2D eigenvalue weighted by Crippen LogP contribution is 2.11. The maximum absolute atomic E-state index is 11.5. The minimum atomic E-state index is -3.40. The largest absolute Gasteiger partial charge is 0.389 e. The van der Waals surface area contributed by atoms with Gasteiger partial charge in [-0.15, -0.1) is 0 Å². The molecule has 0 saturated carbocycles. The average Bonchev–Trinajstić information content (AvgIpc) is 2.16. The zero-order chi connectivity index (χ0) is 10.6. The highest BCUT2D eigenvalue weighted by Gasteiger charge is 2.08. The van der Waals surface area contributed by atoms with Gasteiger partial charge in [0.15, 0.2) is 9.84 Å². The standard InChI is InChI=1S/C10H12O3S/c1-9(11)7-8-14(12,13)10-5-3-2-4-6-10/h2-9,11H,1H3/b8-7+. The van der Waals surface area contributed by atoms with E-state index >= 15 is 0 Å². The lowest BCUT2D eigenvalue weighted by molar-refractivity contribution is 0.244. The lowest BCUT2D eigenvalue weighted by Crippen LogP contribution is -1.99. The van der Waals surface area contributed by atoms with E-state index in [1.165, 1.54) is 25.1 Å². The van der Waals surface area contributed by atoms with Crippen LogP contribution in [0.5, 0.6) is 0 Å². The molecule has 0 spiro atoms. The summed E-state index contributed by atoms with van der Waals surface area (Å²) in [4.78, 5) is 0.233. The third kappa shape index (κ3) is 2.97. The minimum Gasteiger partial charge on any atom is -0.389 e. The molecule has 1 atom stereocenters. The zero-order valence-corrected chi connectivity index (χ0v) is 8.61. The number of hydrogen-bond acceptors (Lipinski definition) is 3. The Morgan fingerprint density at radius 3 is 2.36 bits per heavy atom. The van der Waals surface area contributed by atoms with Crippen LogP contribution in [0, 0.1) is 0 Å². The van der Waals surface area contributed by atoms with Crippen molar-refractivity contribution in [2.75, 3.05) is 0 Å². The topological polar surface area (TPSA) is 54.4 Å². The Balaban J connectivity index is 2.99. The van der Waals surface area contributed by atoms with E-state index in [-0.39, 0.29) is 4.90 Å². The average molecular weight is 212 g/mol. The fourth-order valence-corrected chi connectivity index (χ4v) is 2.03. The highest BCUT2D eigenvalue weighted by molar-refractivity contribution is 7.94. The van der Waals surface area contributed by atoms with E-state index in [2.05, 4.69) is 0 Å². The molecule has 0 aliphatic carbocycles. The molecule has 0 bridgehead atoms. The van der Waals surface area contributed by atoms with E-state index in [1.54, 1.807) is 18.2 Å². The Hall–Kier alpha value is -1.13. The monoisotopic (exact) mass is 212 g/mol. The van der Waals surface area contributed by atoms with E-state index in [0.29, 0.717) is 0 Å². The van der Waals surface area contributed by atoms with Crippen molar-refractivity contribution < 1.29 is 13.5 Å². The summed E-state index contributed by atoms with van der Waals surface area (Å²) in [5, 5.41) is 9.93. The van der Waals surface area contributed by atoms with Crippen molar-refractivity contribution in [2.45, 2.75) is 17.9 Å². The first-order chi connectivity index (χ1) is 6.52. The molecule has 1 aromatic carbocycles. The number of aliphatic hydroxyl groups excluding tert-OH is 1. The highest BCUT2D eigenvalue weighted by atomic mass is 32.2. The molecule has 1 rings (SSSR count). The maximum atomic E-state index is 11.5. The molecule has 0 heterocycles. The second-order valence-corrected chi connectivity index (χ2v) is 4.76. The Morgan fingerprint density at radius 2 is 1.86 bits per heavy atom. The van der Waals surface area contributed by atoms with Crippen LogP contribution in [0.1, 0.15) is 6.92 Å². The van der Waals surface area contributed by atoms with Gasteiger partial charge in [-0.3, -0.25) is 0 Å². The first-order valence-corrected chi connectivity index (χ1v) is 5.73. The van der Waals surface area contributed by atoms with Crippen molar-refractivity contribution in [3.63, 3.8) is 0 Å². The van der Waals surface area contributed by atoms with Gasteiger partial charge in [-0.25, -0.2) is 8.42 Å². The molecule has 4 heteroatoms. The fraction of sp³-hybridized carbons (Fsp3) is 0.200. The van der Waals surface area contributed by atoms with Crippen LogP contribution in [0.2, 0.25) is 0 Å². The lowest BCUT2D eigenvalue weighted by atomic mass is 10.4. The summed E-state index contributed by atoms with van der Waals surface area (Å²) in [6.07, 6.45) is 0.482. The summed E-state index contributed by atoms with van der Waals surface area (Å²) in [7, 11) is -3.40. The third-order valence-electron chi connectivity index (χ3n) is 1.61. The molecule has 0 aliphatic rings. The predicted octanol–water partition coefficient (Wildman–Crippen LogP) is 1.35. The normalized spacial score (nSPS) is 14.4. The third-order valence-corrected chi connectivity index (χ3v) is 3.05. The first kappa shape index (κ1) is 10.9. The van der Waals surface area contributed by atoms with Gasteiger partial charge in [0, 0.05) is 5.41 Å². The summed E-state index contributed by atoms with van der Waals surface area (Å²) < 4.78 is 23.1. The van der Waals surface area contributed by atoms with Gasteiger partial charge in [0.1, 0.15) is 0 Å². The molecule has 1 unspecified atom stereocenters. The molecule has 0 aromatic heterocycles. The van der Waals surface area contributed by atoms with Crippen LogP contribution >= 0.6 is 0 Å². The van der Waals surface area contributed by atoms with Crippen LogP contribution in [0.3, 0.4) is 0 Å². The van der Waals surface area contributed by atoms with Crippen LogP contribution in [0.4, 0.5) is 0 Å². The molecular weight excluding hydrogens is 200 g/mol. The van der Waals surface area contributed by atoms with Crippen molar-refractivity contribution in [2.24, 2.45) is 0 Å². The second kappa shape index (κ2) is 4.39. The van der Waals surface area contributed by atoms with E-state index in [9.17, 15) is 8.42 Å². The molecule has 1 N–H and O–H groups in total. The van der Waals surface area contributed by atoms with Crippen LogP contribution in [0.15, 0.2) is 46.7 Å². The summed E-state index contributed by atoms with van der Waals surface area (Å²) >= 11 is 0. The van der Waals surface area contributed by atoms with E-state index in [4.69, 9.17) is 5.11 Å². The van der Waals surface area contributed by atoms with E-state index in [0.717, 1.165) is 5.41 Å². The van der Waals surface area contributed by atoms with Crippen LogP contribution in [0.25, 0.3) is 0 Å². The SMILES string of the molecule is CC(O)/C=C/S(=O)(=O)c1ccccc1. The van der Waals surface area contributed by atoms with E-state index in [1.807, 2.05) is 0 Å². The van der Waals surface area contributed by atoms with Gasteiger partial charge in [-0.2, -0.15) is 0 Å². The molecule has 0 amide bonds. The van der Waals surface area contributed by atoms with Crippen molar-refractivity contribution in [1.29, 1.82) is 0 Å². The van der Waals surface area contributed by atoms with Crippen molar-refractivity contribution in [3.05, 3.63) is 41.8 Å². The van der Waals surface area contributed by atoms with Gasteiger partial charge in [-0.1, -0.05) is 18.2 Å². The summed E-state index contributed by atoms with van der Waals surface area (Å²) in [5.74, 6) is 0. The van der Waals surface area contributed by atoms with Gasteiger partial charge in [-0.05, 0) is 25.1 Å². The molecule has 0 aliphatic heterocycles. The lowest BCUT2D eigenvalue weighted by Gasteiger charge is -1.98. The van der Waals surface area contributed by atoms with Crippen molar-refractivity contribution in [3.8, 4) is 0 Å². The molecular formula is C10H12O3S. The maximum Gasteiger partial charge on any atom is 0.199 e. The Bertz CT molecular complexity index is 404. The minimum absolute atomic E-state index is 0.233. The fourth-order valence-electron chi connectivity index (χ4n) is 0.906. The summed E-state index contributed by atoms with van der Waals surface area (Å²) in [6, 6.07) is 8.09.